The number of carbonyl (C=O) groups excluding carboxylic acids is 1. The largest absolute Gasteiger partial charge is 0.483 e. The average molecular weight is 310 g/mol. The highest BCUT2D eigenvalue weighted by molar-refractivity contribution is 6.31. The lowest BCUT2D eigenvalue weighted by atomic mass is 10.0. The summed E-state index contributed by atoms with van der Waals surface area (Å²) in [6.07, 6.45) is 1.71. The Morgan fingerprint density at radius 1 is 1.57 bits per heavy atom. The molecule has 114 valence electrons. The first kappa shape index (κ1) is 17.3. The van der Waals surface area contributed by atoms with Crippen LogP contribution in [0.4, 0.5) is 0 Å². The lowest BCUT2D eigenvalue weighted by molar-refractivity contribution is -0.123. The Morgan fingerprint density at radius 2 is 2.33 bits per heavy atom. The van der Waals surface area contributed by atoms with Crippen molar-refractivity contribution in [3.8, 4) is 11.8 Å². The summed E-state index contributed by atoms with van der Waals surface area (Å²) < 4.78 is 5.52. The summed E-state index contributed by atoms with van der Waals surface area (Å²) in [5, 5.41) is 11.6. The summed E-state index contributed by atoms with van der Waals surface area (Å²) in [7, 11) is 0. The molecule has 1 unspecified atom stereocenters. The zero-order valence-electron chi connectivity index (χ0n) is 12.1. The minimum atomic E-state index is -0.268. The molecular formula is C15H20ClN3O2. The van der Waals surface area contributed by atoms with Crippen molar-refractivity contribution in [2.75, 3.05) is 13.2 Å². The van der Waals surface area contributed by atoms with E-state index in [2.05, 4.69) is 5.32 Å². The van der Waals surface area contributed by atoms with Crippen molar-refractivity contribution in [3.05, 3.63) is 28.8 Å². The standard InChI is InChI=1S/C15H20ClN3O2/c1-2-11(18)9-12-13(16)5-3-6-14(12)21-10-15(20)19-8-4-7-17/h3,5-6,11H,2,4,8-10,18H2,1H3,(H,19,20). The van der Waals surface area contributed by atoms with Crippen LogP contribution in [0.1, 0.15) is 25.3 Å². The van der Waals surface area contributed by atoms with Crippen molar-refractivity contribution in [3.63, 3.8) is 0 Å². The van der Waals surface area contributed by atoms with Crippen molar-refractivity contribution in [2.24, 2.45) is 5.73 Å². The minimum Gasteiger partial charge on any atom is -0.483 e. The van der Waals surface area contributed by atoms with Gasteiger partial charge in [-0.1, -0.05) is 24.6 Å². The van der Waals surface area contributed by atoms with E-state index in [4.69, 9.17) is 27.3 Å². The number of ether oxygens (including phenoxy) is 1. The third-order valence-electron chi connectivity index (χ3n) is 2.98. The van der Waals surface area contributed by atoms with E-state index in [0.717, 1.165) is 12.0 Å². The molecule has 0 aliphatic carbocycles. The number of amides is 1. The number of nitrogens with one attached hydrogen (secondary N) is 1. The summed E-state index contributed by atoms with van der Waals surface area (Å²) in [6, 6.07) is 7.27. The van der Waals surface area contributed by atoms with Gasteiger partial charge in [-0.15, -0.1) is 0 Å². The highest BCUT2D eigenvalue weighted by Gasteiger charge is 2.13. The fraction of sp³-hybridized carbons (Fsp3) is 0.467. The third-order valence-corrected chi connectivity index (χ3v) is 3.34. The first-order valence-corrected chi connectivity index (χ1v) is 7.25. The van der Waals surface area contributed by atoms with Crippen LogP contribution in [0.25, 0.3) is 0 Å². The molecule has 0 fully saturated rings. The number of hydrogen-bond acceptors (Lipinski definition) is 4. The van der Waals surface area contributed by atoms with Crippen LogP contribution in [0.3, 0.4) is 0 Å². The minimum absolute atomic E-state index is 0.00305. The monoisotopic (exact) mass is 309 g/mol. The molecule has 1 amide bonds. The maximum absolute atomic E-state index is 11.6. The van der Waals surface area contributed by atoms with E-state index in [-0.39, 0.29) is 25.0 Å². The SMILES string of the molecule is CCC(N)Cc1c(Cl)cccc1OCC(=O)NCCC#N. The molecule has 0 saturated carbocycles. The van der Waals surface area contributed by atoms with Crippen LogP contribution < -0.4 is 15.8 Å². The number of nitriles is 1. The number of nitrogens with zero attached hydrogens (tertiary/aromatic N) is 1. The van der Waals surface area contributed by atoms with Crippen LogP contribution in [-0.4, -0.2) is 25.1 Å². The summed E-state index contributed by atoms with van der Waals surface area (Å²) in [6.45, 7) is 2.21. The Hall–Kier alpha value is -1.77. The molecule has 0 radical (unpaired) electrons. The topological polar surface area (TPSA) is 88.1 Å². The van der Waals surface area contributed by atoms with E-state index < -0.39 is 0 Å². The van der Waals surface area contributed by atoms with Gasteiger partial charge in [0, 0.05) is 23.2 Å². The molecule has 0 bridgehead atoms. The predicted molar refractivity (Wildman–Crippen MR) is 82.2 cm³/mol. The van der Waals surface area contributed by atoms with Gasteiger partial charge in [0.1, 0.15) is 5.75 Å². The zero-order chi connectivity index (χ0) is 15.7. The number of carbonyl (C=O) groups is 1. The Labute approximate surface area is 130 Å². The van der Waals surface area contributed by atoms with E-state index in [1.807, 2.05) is 13.0 Å². The van der Waals surface area contributed by atoms with Crippen LogP contribution in [0.2, 0.25) is 5.02 Å². The molecule has 6 heteroatoms. The Bertz CT molecular complexity index is 514. The number of rotatable bonds is 8. The molecule has 1 aromatic carbocycles. The number of nitrogens with two attached hydrogens (primary N) is 1. The maximum Gasteiger partial charge on any atom is 0.257 e. The van der Waals surface area contributed by atoms with Crippen molar-refractivity contribution in [1.82, 2.24) is 5.32 Å². The summed E-state index contributed by atoms with van der Waals surface area (Å²) >= 11 is 6.18. The van der Waals surface area contributed by atoms with Gasteiger partial charge in [-0.3, -0.25) is 4.79 Å². The first-order chi connectivity index (χ1) is 10.1. The van der Waals surface area contributed by atoms with E-state index in [1.54, 1.807) is 18.2 Å². The summed E-state index contributed by atoms with van der Waals surface area (Å²) in [5.74, 6) is 0.304. The molecule has 0 saturated heterocycles. The van der Waals surface area contributed by atoms with Crippen LogP contribution in [0.15, 0.2) is 18.2 Å². The van der Waals surface area contributed by atoms with E-state index >= 15 is 0 Å². The molecule has 0 aromatic heterocycles. The van der Waals surface area contributed by atoms with Crippen molar-refractivity contribution < 1.29 is 9.53 Å². The molecule has 5 nitrogen and oxygen atoms in total. The summed E-state index contributed by atoms with van der Waals surface area (Å²) in [5.41, 5.74) is 6.77. The van der Waals surface area contributed by atoms with Gasteiger partial charge in [0.25, 0.3) is 5.91 Å². The predicted octanol–water partition coefficient (Wildman–Crippen LogP) is 2.03. The normalized spacial score (nSPS) is 11.5. The molecule has 0 aliphatic heterocycles. The third kappa shape index (κ3) is 6.03. The lowest BCUT2D eigenvalue weighted by Gasteiger charge is -2.15. The second kappa shape index (κ2) is 9.22. The van der Waals surface area contributed by atoms with Gasteiger partial charge in [0.05, 0.1) is 12.5 Å². The Kier molecular flexibility index (Phi) is 7.59. The number of benzene rings is 1. The number of hydrogen-bond donors (Lipinski definition) is 2. The molecule has 0 heterocycles. The molecule has 1 aromatic rings. The highest BCUT2D eigenvalue weighted by Crippen LogP contribution is 2.27. The van der Waals surface area contributed by atoms with Crippen LogP contribution in [0.5, 0.6) is 5.75 Å². The lowest BCUT2D eigenvalue weighted by Crippen LogP contribution is -2.30. The van der Waals surface area contributed by atoms with Gasteiger partial charge in [0.2, 0.25) is 0 Å². The molecule has 3 N–H and O–H groups in total. The Morgan fingerprint density at radius 3 is 3.00 bits per heavy atom. The average Bonchev–Trinajstić information content (AvgIpc) is 2.48. The van der Waals surface area contributed by atoms with Crippen LogP contribution in [0, 0.1) is 11.3 Å². The van der Waals surface area contributed by atoms with Crippen molar-refractivity contribution >= 4 is 17.5 Å². The van der Waals surface area contributed by atoms with Crippen LogP contribution >= 0.6 is 11.6 Å². The van der Waals surface area contributed by atoms with Gasteiger partial charge >= 0.3 is 0 Å². The van der Waals surface area contributed by atoms with Gasteiger partial charge < -0.3 is 15.8 Å². The van der Waals surface area contributed by atoms with E-state index in [0.29, 0.717) is 23.7 Å². The maximum atomic E-state index is 11.6. The van der Waals surface area contributed by atoms with Gasteiger partial charge in [-0.25, -0.2) is 0 Å². The summed E-state index contributed by atoms with van der Waals surface area (Å²) in [4.78, 5) is 11.6. The molecule has 1 rings (SSSR count). The molecule has 1 atom stereocenters. The highest BCUT2D eigenvalue weighted by atomic mass is 35.5. The van der Waals surface area contributed by atoms with Gasteiger partial charge in [-0.05, 0) is 25.0 Å². The van der Waals surface area contributed by atoms with Crippen molar-refractivity contribution in [1.29, 1.82) is 5.26 Å². The quantitative estimate of drug-likeness (QED) is 0.719. The van der Waals surface area contributed by atoms with Gasteiger partial charge in [-0.2, -0.15) is 5.26 Å². The van der Waals surface area contributed by atoms with E-state index in [1.165, 1.54) is 0 Å². The van der Waals surface area contributed by atoms with E-state index in [9.17, 15) is 4.79 Å². The molecule has 21 heavy (non-hydrogen) atoms. The second-order valence-electron chi connectivity index (χ2n) is 4.64. The second-order valence-corrected chi connectivity index (χ2v) is 5.04. The van der Waals surface area contributed by atoms with Gasteiger partial charge in [0.15, 0.2) is 6.61 Å². The molecular weight excluding hydrogens is 290 g/mol. The van der Waals surface area contributed by atoms with Crippen LogP contribution in [-0.2, 0) is 11.2 Å². The Balaban J connectivity index is 2.64. The fourth-order valence-electron chi connectivity index (χ4n) is 1.73. The number of halogens is 1. The van der Waals surface area contributed by atoms with Crippen molar-refractivity contribution in [2.45, 2.75) is 32.2 Å². The molecule has 0 spiro atoms. The zero-order valence-corrected chi connectivity index (χ0v) is 12.8. The smallest absolute Gasteiger partial charge is 0.257 e. The first-order valence-electron chi connectivity index (χ1n) is 6.87. The fourth-order valence-corrected chi connectivity index (χ4v) is 1.97. The molecule has 0 aliphatic rings.